The Kier molecular flexibility index (Phi) is 6.31. The normalized spacial score (nSPS) is 11.3. The Morgan fingerprint density at radius 2 is 2.08 bits per heavy atom. The predicted molar refractivity (Wildman–Crippen MR) is 89.5 cm³/mol. The van der Waals surface area contributed by atoms with E-state index >= 15 is 0 Å². The molecule has 0 saturated carbocycles. The number of hydrogen-bond acceptors (Lipinski definition) is 4. The maximum atomic E-state index is 12.4. The van der Waals surface area contributed by atoms with Gasteiger partial charge in [-0.25, -0.2) is 0 Å². The van der Waals surface area contributed by atoms with Crippen LogP contribution in [0.15, 0.2) is 30.5 Å². The van der Waals surface area contributed by atoms with Crippen LogP contribution in [0.3, 0.4) is 0 Å². The SMILES string of the molecule is Cc1cc(O)cc(Cl)c1OCCCNC(=O)c1ccc(C(F)(F)F)cn1. The van der Waals surface area contributed by atoms with E-state index in [1.165, 1.54) is 12.1 Å². The van der Waals surface area contributed by atoms with Crippen molar-refractivity contribution in [3.8, 4) is 11.5 Å². The number of nitrogens with zero attached hydrogens (tertiary/aromatic N) is 1. The van der Waals surface area contributed by atoms with E-state index in [1.54, 1.807) is 6.92 Å². The molecule has 9 heteroatoms. The van der Waals surface area contributed by atoms with Gasteiger partial charge in [0.15, 0.2) is 0 Å². The highest BCUT2D eigenvalue weighted by atomic mass is 35.5. The van der Waals surface area contributed by atoms with Gasteiger partial charge in [0.2, 0.25) is 0 Å². The molecule has 0 bridgehead atoms. The number of hydrogen-bond donors (Lipinski definition) is 2. The van der Waals surface area contributed by atoms with Crippen molar-refractivity contribution in [2.45, 2.75) is 19.5 Å². The van der Waals surface area contributed by atoms with E-state index in [2.05, 4.69) is 10.3 Å². The minimum Gasteiger partial charge on any atom is -0.508 e. The molecule has 5 nitrogen and oxygen atoms in total. The van der Waals surface area contributed by atoms with Crippen LogP contribution in [0.25, 0.3) is 0 Å². The lowest BCUT2D eigenvalue weighted by Crippen LogP contribution is -2.26. The molecule has 140 valence electrons. The van der Waals surface area contributed by atoms with Crippen LogP contribution in [0.2, 0.25) is 5.02 Å². The largest absolute Gasteiger partial charge is 0.508 e. The molecular weight excluding hydrogens is 373 g/mol. The highest BCUT2D eigenvalue weighted by Gasteiger charge is 2.30. The van der Waals surface area contributed by atoms with Crippen LogP contribution < -0.4 is 10.1 Å². The predicted octanol–water partition coefficient (Wildman–Crippen LogP) is 3.97. The molecular formula is C17H16ClF3N2O3. The molecule has 0 aliphatic rings. The van der Waals surface area contributed by atoms with E-state index in [-0.39, 0.29) is 29.6 Å². The van der Waals surface area contributed by atoms with Gasteiger partial charge in [-0.15, -0.1) is 0 Å². The van der Waals surface area contributed by atoms with Crippen LogP contribution in [0.1, 0.15) is 28.0 Å². The number of nitrogens with one attached hydrogen (secondary N) is 1. The average molecular weight is 389 g/mol. The van der Waals surface area contributed by atoms with E-state index in [0.29, 0.717) is 23.9 Å². The number of carbonyl (C=O) groups excluding carboxylic acids is 1. The molecule has 0 spiro atoms. The average Bonchev–Trinajstić information content (AvgIpc) is 2.55. The Hall–Kier alpha value is -2.48. The third-order valence-electron chi connectivity index (χ3n) is 3.39. The van der Waals surface area contributed by atoms with Crippen molar-refractivity contribution in [3.63, 3.8) is 0 Å². The third-order valence-corrected chi connectivity index (χ3v) is 3.67. The molecule has 1 heterocycles. The Labute approximate surface area is 152 Å². The molecule has 0 unspecified atom stereocenters. The number of halogens is 4. The molecule has 0 atom stereocenters. The topological polar surface area (TPSA) is 71.5 Å². The van der Waals surface area contributed by atoms with E-state index in [0.717, 1.165) is 12.1 Å². The van der Waals surface area contributed by atoms with E-state index < -0.39 is 17.6 Å². The van der Waals surface area contributed by atoms with Gasteiger partial charge in [-0.2, -0.15) is 13.2 Å². The zero-order valence-corrected chi connectivity index (χ0v) is 14.5. The molecule has 1 aromatic heterocycles. The second-order valence-corrected chi connectivity index (χ2v) is 5.87. The van der Waals surface area contributed by atoms with Crippen molar-refractivity contribution in [2.24, 2.45) is 0 Å². The fourth-order valence-electron chi connectivity index (χ4n) is 2.13. The number of carbonyl (C=O) groups is 1. The van der Waals surface area contributed by atoms with Crippen molar-refractivity contribution < 1.29 is 27.8 Å². The number of pyridine rings is 1. The molecule has 0 saturated heterocycles. The van der Waals surface area contributed by atoms with E-state index in [4.69, 9.17) is 16.3 Å². The number of rotatable bonds is 6. The number of benzene rings is 1. The minimum absolute atomic E-state index is 0.0381. The highest BCUT2D eigenvalue weighted by molar-refractivity contribution is 6.32. The fraction of sp³-hybridized carbons (Fsp3) is 0.294. The van der Waals surface area contributed by atoms with Crippen LogP contribution in [0.5, 0.6) is 11.5 Å². The van der Waals surface area contributed by atoms with Gasteiger partial charge < -0.3 is 15.2 Å². The Balaban J connectivity index is 1.79. The lowest BCUT2D eigenvalue weighted by atomic mass is 10.2. The second kappa shape index (κ2) is 8.27. The number of alkyl halides is 3. The molecule has 1 aromatic carbocycles. The number of amides is 1. The number of aromatic hydroxyl groups is 1. The molecule has 0 radical (unpaired) electrons. The van der Waals surface area contributed by atoms with Gasteiger partial charge in [0.05, 0.1) is 17.2 Å². The monoisotopic (exact) mass is 388 g/mol. The summed E-state index contributed by atoms with van der Waals surface area (Å²) in [6, 6.07) is 4.70. The molecule has 1 amide bonds. The Morgan fingerprint density at radius 1 is 1.35 bits per heavy atom. The Morgan fingerprint density at radius 3 is 2.65 bits per heavy atom. The molecule has 0 aliphatic carbocycles. The maximum absolute atomic E-state index is 12.4. The first-order valence-corrected chi connectivity index (χ1v) is 7.99. The summed E-state index contributed by atoms with van der Waals surface area (Å²) in [5, 5.41) is 12.2. The van der Waals surface area contributed by atoms with Crippen LogP contribution in [0.4, 0.5) is 13.2 Å². The lowest BCUT2D eigenvalue weighted by molar-refractivity contribution is -0.137. The minimum atomic E-state index is -4.49. The number of phenolic OH excluding ortho intramolecular Hbond substituents is 1. The van der Waals surface area contributed by atoms with Crippen molar-refractivity contribution >= 4 is 17.5 Å². The summed E-state index contributed by atoms with van der Waals surface area (Å²) in [5.74, 6) is -0.0890. The summed E-state index contributed by atoms with van der Waals surface area (Å²) in [4.78, 5) is 15.4. The molecule has 26 heavy (non-hydrogen) atoms. The molecule has 0 fully saturated rings. The summed E-state index contributed by atoms with van der Waals surface area (Å²) in [6.07, 6.45) is -3.43. The number of aromatic nitrogens is 1. The quantitative estimate of drug-likeness (QED) is 0.735. The van der Waals surface area contributed by atoms with Crippen LogP contribution in [-0.2, 0) is 6.18 Å². The van der Waals surface area contributed by atoms with Crippen LogP contribution in [0, 0.1) is 6.92 Å². The summed E-state index contributed by atoms with van der Waals surface area (Å²) in [7, 11) is 0. The van der Waals surface area contributed by atoms with E-state index in [9.17, 15) is 23.1 Å². The van der Waals surface area contributed by atoms with Crippen LogP contribution in [-0.4, -0.2) is 29.1 Å². The van der Waals surface area contributed by atoms with Crippen molar-refractivity contribution in [3.05, 3.63) is 52.3 Å². The van der Waals surface area contributed by atoms with Crippen molar-refractivity contribution in [2.75, 3.05) is 13.2 Å². The Bertz CT molecular complexity index is 757. The van der Waals surface area contributed by atoms with Gasteiger partial charge in [-0.1, -0.05) is 11.6 Å². The molecule has 0 aliphatic heterocycles. The van der Waals surface area contributed by atoms with Gasteiger partial charge in [0, 0.05) is 18.8 Å². The lowest BCUT2D eigenvalue weighted by Gasteiger charge is -2.12. The second-order valence-electron chi connectivity index (χ2n) is 5.46. The van der Waals surface area contributed by atoms with Gasteiger partial charge in [-0.3, -0.25) is 9.78 Å². The summed E-state index contributed by atoms with van der Waals surface area (Å²) in [5.41, 5.74) is -0.340. The summed E-state index contributed by atoms with van der Waals surface area (Å²) in [6.45, 7) is 2.24. The van der Waals surface area contributed by atoms with Gasteiger partial charge >= 0.3 is 6.18 Å². The fourth-order valence-corrected chi connectivity index (χ4v) is 2.45. The standard InChI is InChI=1S/C17H16ClF3N2O3/c1-10-7-12(24)8-13(18)15(10)26-6-2-5-22-16(25)14-4-3-11(9-23-14)17(19,20)21/h3-4,7-9,24H,2,5-6H2,1H3,(H,22,25). The maximum Gasteiger partial charge on any atom is 0.417 e. The zero-order valence-electron chi connectivity index (χ0n) is 13.7. The van der Waals surface area contributed by atoms with Crippen LogP contribution >= 0.6 is 11.6 Å². The van der Waals surface area contributed by atoms with Crippen molar-refractivity contribution in [1.82, 2.24) is 10.3 Å². The van der Waals surface area contributed by atoms with Gasteiger partial charge in [0.25, 0.3) is 5.91 Å². The highest BCUT2D eigenvalue weighted by Crippen LogP contribution is 2.32. The van der Waals surface area contributed by atoms with E-state index in [1.807, 2.05) is 0 Å². The van der Waals surface area contributed by atoms with Gasteiger partial charge in [0.1, 0.15) is 17.2 Å². The zero-order chi connectivity index (χ0) is 19.3. The number of ether oxygens (including phenoxy) is 1. The molecule has 2 aromatic rings. The number of phenols is 1. The first-order valence-electron chi connectivity index (χ1n) is 7.62. The summed E-state index contributed by atoms with van der Waals surface area (Å²) >= 11 is 5.98. The van der Waals surface area contributed by atoms with Gasteiger partial charge in [-0.05, 0) is 37.1 Å². The molecule has 2 rings (SSSR count). The molecule has 2 N–H and O–H groups in total. The third kappa shape index (κ3) is 5.26. The first-order chi connectivity index (χ1) is 12.2. The summed E-state index contributed by atoms with van der Waals surface area (Å²) < 4.78 is 42.9. The first kappa shape index (κ1) is 19.8. The smallest absolute Gasteiger partial charge is 0.417 e. The van der Waals surface area contributed by atoms with Crippen molar-refractivity contribution in [1.29, 1.82) is 0 Å². The number of aryl methyl sites for hydroxylation is 1.